The first-order valence-corrected chi connectivity index (χ1v) is 8.48. The van der Waals surface area contributed by atoms with Gasteiger partial charge in [0.1, 0.15) is 5.82 Å². The van der Waals surface area contributed by atoms with E-state index in [0.717, 1.165) is 18.8 Å². The minimum absolute atomic E-state index is 0.120. The molecule has 26 heavy (non-hydrogen) atoms. The van der Waals surface area contributed by atoms with E-state index >= 15 is 0 Å². The van der Waals surface area contributed by atoms with Gasteiger partial charge in [-0.05, 0) is 35.3 Å². The number of para-hydroxylation sites is 2. The predicted molar refractivity (Wildman–Crippen MR) is 96.2 cm³/mol. The van der Waals surface area contributed by atoms with Gasteiger partial charge in [-0.15, -0.1) is 0 Å². The summed E-state index contributed by atoms with van der Waals surface area (Å²) in [5, 5.41) is 12.6. The zero-order valence-corrected chi connectivity index (χ0v) is 14.1. The van der Waals surface area contributed by atoms with E-state index in [1.165, 1.54) is 12.1 Å². The lowest BCUT2D eigenvalue weighted by Crippen LogP contribution is -2.36. The molecule has 0 bridgehead atoms. The van der Waals surface area contributed by atoms with Gasteiger partial charge in [0, 0.05) is 13.1 Å². The molecule has 0 aliphatic carbocycles. The number of benzene rings is 2. The number of carbonyl (C=O) groups is 1. The van der Waals surface area contributed by atoms with Crippen LogP contribution in [0.3, 0.4) is 0 Å². The molecular weight excluding hydrogens is 338 g/mol. The Labute approximate surface area is 150 Å². The first-order chi connectivity index (χ1) is 12.6. The van der Waals surface area contributed by atoms with Crippen LogP contribution in [0.5, 0.6) is 0 Å². The lowest BCUT2D eigenvalue weighted by atomic mass is 9.78. The maximum Gasteiger partial charge on any atom is 0.491 e. The van der Waals surface area contributed by atoms with E-state index < -0.39 is 18.8 Å². The fourth-order valence-electron chi connectivity index (χ4n) is 3.27. The molecule has 2 aliphatic rings. The van der Waals surface area contributed by atoms with Crippen molar-refractivity contribution in [3.63, 3.8) is 0 Å². The summed E-state index contributed by atoms with van der Waals surface area (Å²) in [4.78, 5) is 14.8. The number of nitrogens with zero attached hydrogens (tertiary/aromatic N) is 1. The molecule has 2 aromatic rings. The second kappa shape index (κ2) is 7.07. The Morgan fingerprint density at radius 2 is 2.00 bits per heavy atom. The molecule has 1 amide bonds. The summed E-state index contributed by atoms with van der Waals surface area (Å²) < 4.78 is 24.8. The number of amides is 1. The van der Waals surface area contributed by atoms with E-state index in [2.05, 4.69) is 10.2 Å². The first kappa shape index (κ1) is 17.0. The highest BCUT2D eigenvalue weighted by atomic mass is 19.1. The number of morpholine rings is 1. The van der Waals surface area contributed by atoms with Gasteiger partial charge >= 0.3 is 7.12 Å². The summed E-state index contributed by atoms with van der Waals surface area (Å²) in [7, 11) is -1.13. The Hall–Kier alpha value is -2.42. The van der Waals surface area contributed by atoms with Gasteiger partial charge in [-0.2, -0.15) is 0 Å². The summed E-state index contributed by atoms with van der Waals surface area (Å²) in [5.74, 6) is -1.20. The minimum atomic E-state index is -1.13. The highest BCUT2D eigenvalue weighted by Gasteiger charge is 2.30. The van der Waals surface area contributed by atoms with Crippen molar-refractivity contribution in [3.8, 4) is 0 Å². The molecular formula is C18H18BFN2O4. The van der Waals surface area contributed by atoms with Crippen molar-refractivity contribution in [2.75, 3.05) is 36.5 Å². The molecule has 1 fully saturated rings. The molecule has 8 heteroatoms. The molecule has 2 aliphatic heterocycles. The van der Waals surface area contributed by atoms with Crippen LogP contribution in [0.15, 0.2) is 36.4 Å². The van der Waals surface area contributed by atoms with Crippen LogP contribution in [0.4, 0.5) is 15.8 Å². The Bertz CT molecular complexity index is 842. The Kier molecular flexibility index (Phi) is 4.63. The molecule has 0 spiro atoms. The van der Waals surface area contributed by atoms with E-state index in [1.807, 2.05) is 18.2 Å². The Morgan fingerprint density at radius 1 is 1.23 bits per heavy atom. The van der Waals surface area contributed by atoms with Gasteiger partial charge in [0.2, 0.25) is 0 Å². The lowest BCUT2D eigenvalue weighted by Gasteiger charge is -2.30. The van der Waals surface area contributed by atoms with Gasteiger partial charge in [0.15, 0.2) is 0 Å². The van der Waals surface area contributed by atoms with Crippen LogP contribution in [-0.4, -0.2) is 44.4 Å². The number of hydrogen-bond donors (Lipinski definition) is 2. The Balaban J connectivity index is 1.60. The highest BCUT2D eigenvalue weighted by molar-refractivity contribution is 6.61. The van der Waals surface area contributed by atoms with Crippen LogP contribution in [0.25, 0.3) is 0 Å². The van der Waals surface area contributed by atoms with E-state index in [0.29, 0.717) is 29.9 Å². The smallest absolute Gasteiger partial charge is 0.423 e. The second-order valence-electron chi connectivity index (χ2n) is 6.26. The maximum atomic E-state index is 14.4. The van der Waals surface area contributed by atoms with Crippen LogP contribution >= 0.6 is 0 Å². The molecule has 0 saturated carbocycles. The van der Waals surface area contributed by atoms with Gasteiger partial charge in [-0.3, -0.25) is 4.79 Å². The summed E-state index contributed by atoms with van der Waals surface area (Å²) >= 11 is 0. The molecule has 0 unspecified atom stereocenters. The normalized spacial score (nSPS) is 16.5. The average molecular weight is 356 g/mol. The summed E-state index contributed by atoms with van der Waals surface area (Å²) in [6.07, 6.45) is 0. The standard InChI is InChI=1S/C18H18BFN2O4/c20-15-9-12-11-26-19(24)14(12)10-13(15)18(23)21-16-3-1-2-4-17(16)22-5-7-25-8-6-22/h1-4,9-10,24H,5-8,11H2,(H,21,23). The molecule has 2 heterocycles. The van der Waals surface area contributed by atoms with E-state index in [9.17, 15) is 14.2 Å². The van der Waals surface area contributed by atoms with Gasteiger partial charge in [0.25, 0.3) is 5.91 Å². The topological polar surface area (TPSA) is 71.0 Å². The van der Waals surface area contributed by atoms with Gasteiger partial charge < -0.3 is 24.6 Å². The van der Waals surface area contributed by atoms with Crippen molar-refractivity contribution < 1.29 is 23.6 Å². The largest absolute Gasteiger partial charge is 0.491 e. The Morgan fingerprint density at radius 3 is 2.81 bits per heavy atom. The van der Waals surface area contributed by atoms with Crippen molar-refractivity contribution >= 4 is 29.9 Å². The molecule has 0 atom stereocenters. The second-order valence-corrected chi connectivity index (χ2v) is 6.26. The number of fused-ring (bicyclic) bond motifs is 1. The van der Waals surface area contributed by atoms with Crippen molar-refractivity contribution in [2.24, 2.45) is 0 Å². The van der Waals surface area contributed by atoms with E-state index in [4.69, 9.17) is 9.39 Å². The molecule has 0 aromatic heterocycles. The van der Waals surface area contributed by atoms with E-state index in [-0.39, 0.29) is 12.2 Å². The van der Waals surface area contributed by atoms with Crippen molar-refractivity contribution in [1.82, 2.24) is 0 Å². The van der Waals surface area contributed by atoms with Crippen LogP contribution in [-0.2, 0) is 16.0 Å². The third-order valence-electron chi connectivity index (χ3n) is 4.64. The van der Waals surface area contributed by atoms with Gasteiger partial charge in [0.05, 0.1) is 36.8 Å². The highest BCUT2D eigenvalue weighted by Crippen LogP contribution is 2.27. The fourth-order valence-corrected chi connectivity index (χ4v) is 3.27. The molecule has 6 nitrogen and oxygen atoms in total. The number of nitrogens with one attached hydrogen (secondary N) is 1. The monoisotopic (exact) mass is 356 g/mol. The fraction of sp³-hybridized carbons (Fsp3) is 0.278. The van der Waals surface area contributed by atoms with Gasteiger partial charge in [-0.1, -0.05) is 12.1 Å². The molecule has 134 valence electrons. The summed E-state index contributed by atoms with van der Waals surface area (Å²) in [6.45, 7) is 2.83. The van der Waals surface area contributed by atoms with Crippen LogP contribution < -0.4 is 15.7 Å². The maximum absolute atomic E-state index is 14.4. The number of hydrogen-bond acceptors (Lipinski definition) is 5. The molecule has 2 aromatic carbocycles. The number of carbonyl (C=O) groups excluding carboxylic acids is 1. The lowest BCUT2D eigenvalue weighted by molar-refractivity contribution is 0.102. The van der Waals surface area contributed by atoms with Gasteiger partial charge in [-0.25, -0.2) is 4.39 Å². The van der Waals surface area contributed by atoms with Crippen molar-refractivity contribution in [1.29, 1.82) is 0 Å². The molecule has 4 rings (SSSR count). The van der Waals surface area contributed by atoms with E-state index in [1.54, 1.807) is 6.07 Å². The number of halogens is 1. The van der Waals surface area contributed by atoms with Crippen molar-refractivity contribution in [3.05, 3.63) is 53.3 Å². The third kappa shape index (κ3) is 3.19. The zero-order valence-electron chi connectivity index (χ0n) is 14.1. The molecule has 1 saturated heterocycles. The average Bonchev–Trinajstić information content (AvgIpc) is 3.02. The zero-order chi connectivity index (χ0) is 18.1. The van der Waals surface area contributed by atoms with Crippen LogP contribution in [0, 0.1) is 5.82 Å². The minimum Gasteiger partial charge on any atom is -0.423 e. The first-order valence-electron chi connectivity index (χ1n) is 8.48. The summed E-state index contributed by atoms with van der Waals surface area (Å²) in [6, 6.07) is 10.0. The quantitative estimate of drug-likeness (QED) is 0.807. The number of rotatable bonds is 3. The SMILES string of the molecule is O=C(Nc1ccccc1N1CCOCC1)c1cc2c(cc1F)COB2O. The van der Waals surface area contributed by atoms with Crippen LogP contribution in [0.2, 0.25) is 0 Å². The third-order valence-corrected chi connectivity index (χ3v) is 4.64. The van der Waals surface area contributed by atoms with Crippen molar-refractivity contribution in [2.45, 2.75) is 6.61 Å². The number of anilines is 2. The van der Waals surface area contributed by atoms with Crippen LogP contribution in [0.1, 0.15) is 15.9 Å². The predicted octanol–water partition coefficient (Wildman–Crippen LogP) is 1.13. The number of ether oxygens (including phenoxy) is 1. The summed E-state index contributed by atoms with van der Waals surface area (Å²) in [5.41, 5.74) is 2.34. The molecule has 0 radical (unpaired) electrons. The molecule has 2 N–H and O–H groups in total.